The lowest BCUT2D eigenvalue weighted by Gasteiger charge is -2.37. The number of benzene rings is 1. The zero-order valence-electron chi connectivity index (χ0n) is 12.7. The van der Waals surface area contributed by atoms with Gasteiger partial charge in [-0.15, -0.1) is 11.3 Å². The van der Waals surface area contributed by atoms with E-state index in [-0.39, 0.29) is 18.6 Å². The second-order valence-corrected chi connectivity index (χ2v) is 6.70. The van der Waals surface area contributed by atoms with Gasteiger partial charge in [-0.2, -0.15) is 0 Å². The summed E-state index contributed by atoms with van der Waals surface area (Å²) in [5.41, 5.74) is 0. The molecule has 0 N–H and O–H groups in total. The predicted octanol–water partition coefficient (Wildman–Crippen LogP) is 3.04. The van der Waals surface area contributed by atoms with Gasteiger partial charge in [0, 0.05) is 18.1 Å². The fourth-order valence-corrected chi connectivity index (χ4v) is 3.96. The van der Waals surface area contributed by atoms with Gasteiger partial charge < -0.3 is 14.4 Å². The van der Waals surface area contributed by atoms with Crippen LogP contribution < -0.4 is 9.47 Å². The summed E-state index contributed by atoms with van der Waals surface area (Å²) >= 11 is 1.61. The van der Waals surface area contributed by atoms with Gasteiger partial charge in [-0.25, -0.2) is 4.98 Å². The summed E-state index contributed by atoms with van der Waals surface area (Å²) in [6.07, 6.45) is 4.33. The highest BCUT2D eigenvalue weighted by Crippen LogP contribution is 2.35. The first-order chi connectivity index (χ1) is 11.3. The maximum absolute atomic E-state index is 13.0. The van der Waals surface area contributed by atoms with Gasteiger partial charge in [0.15, 0.2) is 11.5 Å². The summed E-state index contributed by atoms with van der Waals surface area (Å²) in [5, 5.41) is 2.97. The van der Waals surface area contributed by atoms with Crippen LogP contribution in [-0.2, 0) is 4.79 Å². The van der Waals surface area contributed by atoms with Gasteiger partial charge in [-0.1, -0.05) is 12.1 Å². The molecule has 0 unspecified atom stereocenters. The molecule has 1 saturated heterocycles. The van der Waals surface area contributed by atoms with Crippen molar-refractivity contribution in [2.24, 2.45) is 0 Å². The smallest absolute Gasteiger partial charge is 0.267 e. The molecule has 1 aromatic carbocycles. The number of carbonyl (C=O) groups excluding carboxylic acids is 1. The molecule has 2 aliphatic rings. The van der Waals surface area contributed by atoms with E-state index in [9.17, 15) is 4.79 Å². The lowest BCUT2D eigenvalue weighted by Crippen LogP contribution is -2.49. The maximum Gasteiger partial charge on any atom is 0.267 e. The summed E-state index contributed by atoms with van der Waals surface area (Å²) in [6, 6.07) is 7.54. The van der Waals surface area contributed by atoms with Gasteiger partial charge in [0.25, 0.3) is 5.91 Å². The molecule has 4 rings (SSSR count). The maximum atomic E-state index is 13.0. The normalized spacial score (nSPS) is 23.6. The second-order valence-electron chi connectivity index (χ2n) is 5.78. The van der Waals surface area contributed by atoms with Gasteiger partial charge in [0.1, 0.15) is 11.6 Å². The van der Waals surface area contributed by atoms with Crippen LogP contribution in [0.15, 0.2) is 35.8 Å². The number of hydrogen-bond acceptors (Lipinski definition) is 5. The van der Waals surface area contributed by atoms with E-state index < -0.39 is 6.10 Å². The number of amides is 1. The van der Waals surface area contributed by atoms with Crippen LogP contribution in [0.4, 0.5) is 0 Å². The molecule has 0 saturated carbocycles. The number of ether oxygens (including phenoxy) is 2. The van der Waals surface area contributed by atoms with Crippen molar-refractivity contribution in [3.8, 4) is 11.5 Å². The van der Waals surface area contributed by atoms with Crippen molar-refractivity contribution in [2.45, 2.75) is 31.4 Å². The van der Waals surface area contributed by atoms with Gasteiger partial charge in [0.2, 0.25) is 6.10 Å². The molecule has 6 heteroatoms. The van der Waals surface area contributed by atoms with E-state index >= 15 is 0 Å². The van der Waals surface area contributed by atoms with Crippen molar-refractivity contribution < 1.29 is 14.3 Å². The highest BCUT2D eigenvalue weighted by Gasteiger charge is 2.36. The van der Waals surface area contributed by atoms with E-state index in [0.29, 0.717) is 11.5 Å². The Hall–Kier alpha value is -2.08. The number of carbonyl (C=O) groups is 1. The van der Waals surface area contributed by atoms with Crippen LogP contribution in [0.25, 0.3) is 0 Å². The molecule has 23 heavy (non-hydrogen) atoms. The van der Waals surface area contributed by atoms with Crippen LogP contribution in [0.2, 0.25) is 0 Å². The molecular formula is C17H18N2O3S. The number of aromatic nitrogens is 1. The molecule has 0 spiro atoms. The molecule has 1 aromatic heterocycles. The Bertz CT molecular complexity index is 689. The number of hydrogen-bond donors (Lipinski definition) is 0. The summed E-state index contributed by atoms with van der Waals surface area (Å²) < 4.78 is 11.6. The van der Waals surface area contributed by atoms with Gasteiger partial charge in [0.05, 0.1) is 6.04 Å². The van der Waals surface area contributed by atoms with Crippen molar-refractivity contribution in [1.29, 1.82) is 0 Å². The van der Waals surface area contributed by atoms with E-state index in [1.165, 1.54) is 0 Å². The Morgan fingerprint density at radius 2 is 2.13 bits per heavy atom. The molecule has 5 nitrogen and oxygen atoms in total. The minimum absolute atomic E-state index is 0.000553. The lowest BCUT2D eigenvalue weighted by atomic mass is 10.0. The predicted molar refractivity (Wildman–Crippen MR) is 86.8 cm³/mol. The SMILES string of the molecule is O=C([C@@H]1COc2ccccc2O1)N1CCCC[C@H]1c1nccs1. The highest BCUT2D eigenvalue weighted by atomic mass is 32.1. The van der Waals surface area contributed by atoms with Gasteiger partial charge in [-0.3, -0.25) is 4.79 Å². The number of likely N-dealkylation sites (tertiary alicyclic amines) is 1. The minimum Gasteiger partial charge on any atom is -0.485 e. The molecular weight excluding hydrogens is 312 g/mol. The van der Waals surface area contributed by atoms with Crippen LogP contribution in [0.3, 0.4) is 0 Å². The Morgan fingerprint density at radius 3 is 2.96 bits per heavy atom. The number of piperidine rings is 1. The van der Waals surface area contributed by atoms with Crippen LogP contribution in [0, 0.1) is 0 Å². The van der Waals surface area contributed by atoms with E-state index in [1.807, 2.05) is 34.5 Å². The summed E-state index contributed by atoms with van der Waals surface area (Å²) in [4.78, 5) is 19.3. The van der Waals surface area contributed by atoms with Crippen LogP contribution in [0.1, 0.15) is 30.3 Å². The first-order valence-corrected chi connectivity index (χ1v) is 8.79. The molecule has 3 heterocycles. The summed E-state index contributed by atoms with van der Waals surface area (Å²) in [5.74, 6) is 1.34. The summed E-state index contributed by atoms with van der Waals surface area (Å²) in [7, 11) is 0. The van der Waals surface area contributed by atoms with Crippen molar-refractivity contribution >= 4 is 17.2 Å². The Labute approximate surface area is 138 Å². The number of para-hydroxylation sites is 2. The zero-order valence-corrected chi connectivity index (χ0v) is 13.5. The molecule has 2 aromatic rings. The average Bonchev–Trinajstić information content (AvgIpc) is 3.15. The number of nitrogens with zero attached hydrogens (tertiary/aromatic N) is 2. The molecule has 2 atom stereocenters. The highest BCUT2D eigenvalue weighted by molar-refractivity contribution is 7.09. The van der Waals surface area contributed by atoms with Crippen LogP contribution in [0.5, 0.6) is 11.5 Å². The average molecular weight is 330 g/mol. The quantitative estimate of drug-likeness (QED) is 0.849. The van der Waals surface area contributed by atoms with Crippen LogP contribution >= 0.6 is 11.3 Å². The number of rotatable bonds is 2. The zero-order chi connectivity index (χ0) is 15.6. The molecule has 1 amide bonds. The molecule has 1 fully saturated rings. The van der Waals surface area contributed by atoms with Crippen molar-refractivity contribution in [3.05, 3.63) is 40.8 Å². The second kappa shape index (κ2) is 6.20. The van der Waals surface area contributed by atoms with Gasteiger partial charge in [-0.05, 0) is 31.4 Å². The number of thiazole rings is 1. The minimum atomic E-state index is -0.578. The molecule has 0 aliphatic carbocycles. The Kier molecular flexibility index (Phi) is 3.91. The summed E-state index contributed by atoms with van der Waals surface area (Å²) in [6.45, 7) is 1.02. The van der Waals surface area contributed by atoms with Crippen molar-refractivity contribution in [2.75, 3.05) is 13.2 Å². The monoisotopic (exact) mass is 330 g/mol. The third-order valence-electron chi connectivity index (χ3n) is 4.31. The number of fused-ring (bicyclic) bond motifs is 1. The third-order valence-corrected chi connectivity index (χ3v) is 5.18. The van der Waals surface area contributed by atoms with E-state index in [1.54, 1.807) is 17.5 Å². The van der Waals surface area contributed by atoms with Crippen molar-refractivity contribution in [3.63, 3.8) is 0 Å². The first-order valence-electron chi connectivity index (χ1n) is 7.91. The fraction of sp³-hybridized carbons (Fsp3) is 0.412. The third kappa shape index (κ3) is 2.79. The standard InChI is InChI=1S/C17H18N2O3S/c20-17(15-11-21-13-6-1-2-7-14(13)22-15)19-9-4-3-5-12(19)16-18-8-10-23-16/h1-2,6-8,10,12,15H,3-5,9,11H2/t12-,15-/m0/s1. The molecule has 0 radical (unpaired) electrons. The lowest BCUT2D eigenvalue weighted by molar-refractivity contribution is -0.145. The van der Waals surface area contributed by atoms with E-state index in [2.05, 4.69) is 4.98 Å². The van der Waals surface area contributed by atoms with Gasteiger partial charge >= 0.3 is 0 Å². The van der Waals surface area contributed by atoms with E-state index in [0.717, 1.165) is 30.8 Å². The van der Waals surface area contributed by atoms with Crippen LogP contribution in [-0.4, -0.2) is 35.0 Å². The first kappa shape index (κ1) is 14.5. The Balaban J connectivity index is 1.54. The fourth-order valence-electron chi connectivity index (χ4n) is 3.18. The molecule has 2 aliphatic heterocycles. The van der Waals surface area contributed by atoms with Crippen molar-refractivity contribution in [1.82, 2.24) is 9.88 Å². The largest absolute Gasteiger partial charge is 0.485 e. The van der Waals surface area contributed by atoms with E-state index in [4.69, 9.17) is 9.47 Å². The molecule has 120 valence electrons. The molecule has 0 bridgehead atoms. The topological polar surface area (TPSA) is 51.7 Å². The Morgan fingerprint density at radius 1 is 1.26 bits per heavy atom.